The van der Waals surface area contributed by atoms with E-state index in [0.717, 1.165) is 27.9 Å². The van der Waals surface area contributed by atoms with E-state index in [1.165, 1.54) is 12.1 Å². The highest BCUT2D eigenvalue weighted by atomic mass is 19.1. The van der Waals surface area contributed by atoms with Gasteiger partial charge in [0.1, 0.15) is 17.3 Å². The number of nitrogens with zero attached hydrogens (tertiary/aromatic N) is 4. The zero-order valence-electron chi connectivity index (χ0n) is 21.3. The van der Waals surface area contributed by atoms with Crippen LogP contribution in [0.3, 0.4) is 0 Å². The molecule has 1 amide bonds. The second-order valence-corrected chi connectivity index (χ2v) is 10.1. The van der Waals surface area contributed by atoms with Gasteiger partial charge in [0.2, 0.25) is 0 Å². The lowest BCUT2D eigenvalue weighted by Gasteiger charge is -2.34. The molecule has 3 N–H and O–H groups in total. The van der Waals surface area contributed by atoms with E-state index in [0.29, 0.717) is 61.9 Å². The van der Waals surface area contributed by atoms with Crippen LogP contribution in [0.2, 0.25) is 0 Å². The van der Waals surface area contributed by atoms with Gasteiger partial charge in [0.05, 0.1) is 28.7 Å². The molecule has 2 aliphatic heterocycles. The van der Waals surface area contributed by atoms with Crippen molar-refractivity contribution in [1.82, 2.24) is 24.6 Å². The van der Waals surface area contributed by atoms with Crippen molar-refractivity contribution in [3.8, 4) is 11.3 Å². The quantitative estimate of drug-likeness (QED) is 0.360. The van der Waals surface area contributed by atoms with E-state index < -0.39 is 5.60 Å². The molecule has 0 spiro atoms. The predicted molar refractivity (Wildman–Crippen MR) is 141 cm³/mol. The average Bonchev–Trinajstić information content (AvgIpc) is 3.48. The number of rotatable bonds is 6. The molecule has 1 saturated heterocycles. The molecule has 196 valence electrons. The Morgan fingerprint density at radius 1 is 1.18 bits per heavy atom. The number of imidazole rings is 1. The number of aromatic nitrogens is 3. The summed E-state index contributed by atoms with van der Waals surface area (Å²) in [6, 6.07) is 8.49. The normalized spacial score (nSPS) is 16.6. The minimum Gasteiger partial charge on any atom is -0.385 e. The number of hydrogen-bond acceptors (Lipinski definition) is 7. The molecule has 0 saturated carbocycles. The van der Waals surface area contributed by atoms with Crippen molar-refractivity contribution in [2.75, 3.05) is 32.6 Å². The van der Waals surface area contributed by atoms with Crippen molar-refractivity contribution >= 4 is 23.1 Å². The van der Waals surface area contributed by atoms with E-state index in [1.54, 1.807) is 18.6 Å². The number of fused-ring (bicyclic) bond motifs is 2. The monoisotopic (exact) mass is 516 g/mol. The summed E-state index contributed by atoms with van der Waals surface area (Å²) in [7, 11) is 3.96. The Labute approximate surface area is 219 Å². The van der Waals surface area contributed by atoms with Gasteiger partial charge in [0, 0.05) is 68.7 Å². The fraction of sp³-hybridized carbons (Fsp3) is 0.321. The first kappa shape index (κ1) is 24.5. The number of amides is 1. The van der Waals surface area contributed by atoms with Gasteiger partial charge in [-0.15, -0.1) is 0 Å². The maximum atomic E-state index is 13.7. The molecule has 10 heteroatoms. The number of pyridine rings is 2. The molecular formula is C28H29FN6O3. The van der Waals surface area contributed by atoms with Gasteiger partial charge in [-0.2, -0.15) is 0 Å². The van der Waals surface area contributed by atoms with Crippen LogP contribution in [0.1, 0.15) is 39.9 Å². The van der Waals surface area contributed by atoms with Gasteiger partial charge in [-0.1, -0.05) is 6.07 Å². The highest BCUT2D eigenvalue weighted by Gasteiger charge is 2.34. The summed E-state index contributed by atoms with van der Waals surface area (Å²) in [6.45, 7) is 2.02. The van der Waals surface area contributed by atoms with Crippen molar-refractivity contribution in [2.24, 2.45) is 0 Å². The van der Waals surface area contributed by atoms with E-state index >= 15 is 0 Å². The molecular weight excluding hydrogens is 487 g/mol. The Hall–Kier alpha value is -3.86. The molecule has 1 aromatic carbocycles. The molecule has 5 heterocycles. The van der Waals surface area contributed by atoms with E-state index in [1.807, 2.05) is 41.6 Å². The molecule has 2 aliphatic rings. The van der Waals surface area contributed by atoms with Crippen molar-refractivity contribution in [3.63, 3.8) is 0 Å². The van der Waals surface area contributed by atoms with E-state index in [2.05, 4.69) is 20.6 Å². The maximum Gasteiger partial charge on any atom is 0.254 e. The van der Waals surface area contributed by atoms with Crippen LogP contribution >= 0.6 is 0 Å². The molecule has 0 aliphatic carbocycles. The molecule has 0 atom stereocenters. The van der Waals surface area contributed by atoms with Gasteiger partial charge in [-0.25, -0.2) is 14.4 Å². The van der Waals surface area contributed by atoms with Gasteiger partial charge in [-0.05, 0) is 43.4 Å². The lowest BCUT2D eigenvalue weighted by molar-refractivity contribution is -0.0687. The van der Waals surface area contributed by atoms with Crippen LogP contribution in [0.5, 0.6) is 0 Å². The van der Waals surface area contributed by atoms with Crippen LogP contribution in [0.25, 0.3) is 16.9 Å². The topological polar surface area (TPSA) is 104 Å². The summed E-state index contributed by atoms with van der Waals surface area (Å²) in [5.74, 6) is 0.0550. The molecule has 1 fully saturated rings. The molecule has 0 unspecified atom stereocenters. The van der Waals surface area contributed by atoms with Crippen LogP contribution in [0.15, 0.2) is 48.9 Å². The first-order valence-corrected chi connectivity index (χ1v) is 12.6. The fourth-order valence-corrected chi connectivity index (χ4v) is 5.42. The highest BCUT2D eigenvalue weighted by Crippen LogP contribution is 2.37. The summed E-state index contributed by atoms with van der Waals surface area (Å²) < 4.78 is 21.0. The Balaban J connectivity index is 1.38. The lowest BCUT2D eigenvalue weighted by atomic mass is 9.84. The molecule has 38 heavy (non-hydrogen) atoms. The third-order valence-electron chi connectivity index (χ3n) is 7.28. The predicted octanol–water partition coefficient (Wildman–Crippen LogP) is 3.58. The lowest BCUT2D eigenvalue weighted by Crippen LogP contribution is -2.35. The molecule has 0 bridgehead atoms. The van der Waals surface area contributed by atoms with Crippen molar-refractivity contribution in [2.45, 2.75) is 31.5 Å². The van der Waals surface area contributed by atoms with Gasteiger partial charge in [-0.3, -0.25) is 9.20 Å². The van der Waals surface area contributed by atoms with Gasteiger partial charge in [0.25, 0.3) is 5.91 Å². The maximum absolute atomic E-state index is 13.7. The Morgan fingerprint density at radius 2 is 2.00 bits per heavy atom. The van der Waals surface area contributed by atoms with Crippen LogP contribution in [0, 0.1) is 5.82 Å². The third-order valence-corrected chi connectivity index (χ3v) is 7.28. The molecule has 4 aromatic rings. The smallest absolute Gasteiger partial charge is 0.254 e. The number of carbonyl (C=O) groups excluding carboxylic acids is 1. The Kier molecular flexibility index (Phi) is 6.10. The number of benzene rings is 1. The van der Waals surface area contributed by atoms with Crippen molar-refractivity contribution in [1.29, 1.82) is 0 Å². The van der Waals surface area contributed by atoms with Gasteiger partial charge >= 0.3 is 0 Å². The van der Waals surface area contributed by atoms with E-state index in [4.69, 9.17) is 4.74 Å². The van der Waals surface area contributed by atoms with Crippen molar-refractivity contribution in [3.05, 3.63) is 77.0 Å². The van der Waals surface area contributed by atoms with Crippen LogP contribution < -0.4 is 10.6 Å². The molecule has 3 aromatic heterocycles. The van der Waals surface area contributed by atoms with E-state index in [9.17, 15) is 14.3 Å². The zero-order valence-corrected chi connectivity index (χ0v) is 21.3. The Bertz CT molecular complexity index is 1540. The molecule has 0 radical (unpaired) electrons. The third kappa shape index (κ3) is 4.30. The number of carbonyl (C=O) groups is 1. The largest absolute Gasteiger partial charge is 0.385 e. The number of hydrogen-bond donors (Lipinski definition) is 3. The number of anilines is 2. The standard InChI is InChI=1S/C28H29FN6O3/c1-34(2)16-17-11-24(30-14-21(17)28(37)6-9-38-10-7-28)33-22-4-3-19(20-13-32-27(36)26(20)22)23-15-31-25-12-18(29)5-8-35(23)25/h3-5,8,11-12,14-15,37H,6-7,9-10,13,16H2,1-2H3,(H,30,33)(H,32,36). The first-order chi connectivity index (χ1) is 18.3. The summed E-state index contributed by atoms with van der Waals surface area (Å²) in [6.07, 6.45) is 6.10. The fourth-order valence-electron chi connectivity index (χ4n) is 5.42. The number of halogens is 1. The summed E-state index contributed by atoms with van der Waals surface area (Å²) >= 11 is 0. The Morgan fingerprint density at radius 3 is 2.79 bits per heavy atom. The SMILES string of the molecule is CN(C)Cc1cc(Nc2ccc(-c3cnc4cc(F)ccn34)c3c2C(=O)NC3)ncc1C1(O)CCOCC1. The van der Waals surface area contributed by atoms with Gasteiger partial charge < -0.3 is 25.4 Å². The number of aliphatic hydroxyl groups is 1. The van der Waals surface area contributed by atoms with Crippen LogP contribution in [-0.4, -0.2) is 57.6 Å². The molecule has 9 nitrogen and oxygen atoms in total. The highest BCUT2D eigenvalue weighted by molar-refractivity contribution is 6.06. The van der Waals surface area contributed by atoms with E-state index in [-0.39, 0.29) is 11.7 Å². The second kappa shape index (κ2) is 9.46. The van der Waals surface area contributed by atoms with Crippen molar-refractivity contribution < 1.29 is 19.0 Å². The minimum absolute atomic E-state index is 0.175. The summed E-state index contributed by atoms with van der Waals surface area (Å²) in [4.78, 5) is 23.9. The van der Waals surface area contributed by atoms with Crippen LogP contribution in [-0.2, 0) is 23.4 Å². The number of nitrogens with one attached hydrogen (secondary N) is 2. The van der Waals surface area contributed by atoms with Gasteiger partial charge in [0.15, 0.2) is 0 Å². The zero-order chi connectivity index (χ0) is 26.4. The second-order valence-electron chi connectivity index (χ2n) is 10.1. The number of ether oxygens (including phenoxy) is 1. The summed E-state index contributed by atoms with van der Waals surface area (Å²) in [5, 5.41) is 17.6. The molecule has 6 rings (SSSR count). The first-order valence-electron chi connectivity index (χ1n) is 12.6. The van der Waals surface area contributed by atoms with Crippen LogP contribution in [0.4, 0.5) is 15.9 Å². The average molecular weight is 517 g/mol. The summed E-state index contributed by atoms with van der Waals surface area (Å²) in [5.41, 5.74) is 4.94. The minimum atomic E-state index is -0.977.